The minimum Gasteiger partial charge on any atom is -0.507 e. The third-order valence-electron chi connectivity index (χ3n) is 16.6. The number of aliphatic hydroxyl groups is 1. The fourth-order valence-corrected chi connectivity index (χ4v) is 17.1. The average molecular weight is 2150 g/mol. The molecular weight excluding hydrogens is 2000 g/mol. The quantitative estimate of drug-likeness (QED) is 0.00554. The third kappa shape index (κ3) is 62.1. The van der Waals surface area contributed by atoms with E-state index < -0.39 is 152 Å². The second kappa shape index (κ2) is 71.5. The molecule has 9 atom stereocenters. The van der Waals surface area contributed by atoms with Crippen molar-refractivity contribution in [2.24, 2.45) is 5.73 Å². The van der Waals surface area contributed by atoms with Crippen LogP contribution in [0.5, 0.6) is 11.5 Å². The van der Waals surface area contributed by atoms with E-state index in [4.69, 9.17) is 83.4 Å². The normalized spacial score (nSPS) is 13.1. The molecule has 6 rings (SSSR count). The number of nitrogens with one attached hydrogen (secondary N) is 10. The molecule has 0 unspecified atom stereocenters. The van der Waals surface area contributed by atoms with Crippen LogP contribution in [0.25, 0.3) is 0 Å². The van der Waals surface area contributed by atoms with Crippen LogP contribution in [-0.4, -0.2) is 203 Å². The number of hydrogen-bond acceptors (Lipinski definition) is 31. The molecule has 0 radical (unpaired) electrons. The number of ether oxygens (including phenoxy) is 10. The first-order valence-corrected chi connectivity index (χ1v) is 53.0. The molecule has 0 aliphatic carbocycles. The van der Waals surface area contributed by atoms with Crippen molar-refractivity contribution >= 4 is 132 Å². The summed E-state index contributed by atoms with van der Waals surface area (Å²) in [5.41, 5.74) is 8.77. The van der Waals surface area contributed by atoms with Crippen LogP contribution < -0.4 is 61.8 Å². The molecule has 0 bridgehead atoms. The molecule has 15 N–H and O–H groups in total. The Balaban J connectivity index is 0. The topological polar surface area (TPSA) is 583 Å². The minimum absolute atomic E-state index is 0. The van der Waals surface area contributed by atoms with Gasteiger partial charge in [-0.25, -0.2) is 40.7 Å². The van der Waals surface area contributed by atoms with Crippen molar-refractivity contribution in [2.45, 2.75) is 309 Å². The third-order valence-corrected chi connectivity index (χ3v) is 24.1. The second-order valence-electron chi connectivity index (χ2n) is 33.9. The van der Waals surface area contributed by atoms with Gasteiger partial charge in [0.05, 0.1) is 79.3 Å². The molecule has 0 saturated heterocycles. The highest BCUT2D eigenvalue weighted by Gasteiger charge is 2.38. The molecule has 0 saturated carbocycles. The van der Waals surface area contributed by atoms with Crippen LogP contribution in [-0.2, 0) is 131 Å². The van der Waals surface area contributed by atoms with Crippen LogP contribution in [0.15, 0.2) is 170 Å². The molecule has 2 amide bonds. The number of amides is 2. The van der Waals surface area contributed by atoms with Gasteiger partial charge >= 0.3 is 84.4 Å². The summed E-state index contributed by atoms with van der Waals surface area (Å²) in [6.45, 7) is 43.5. The number of carbonyl (C=O) groups excluding carboxylic acids is 11. The smallest absolute Gasteiger partial charge is 0.345 e. The van der Waals surface area contributed by atoms with E-state index in [1.54, 1.807) is 210 Å². The molecular formula is C96H151Cl2N11O31P4. The summed E-state index contributed by atoms with van der Waals surface area (Å²) in [7, 11) is -15.7. The Morgan fingerprint density at radius 1 is 0.312 bits per heavy atom. The van der Waals surface area contributed by atoms with Crippen molar-refractivity contribution in [3.05, 3.63) is 192 Å². The number of phenols is 1. The van der Waals surface area contributed by atoms with Gasteiger partial charge in [-0.3, -0.25) is 80.0 Å². The Morgan fingerprint density at radius 2 is 0.549 bits per heavy atom. The number of anilines is 2. The van der Waals surface area contributed by atoms with E-state index in [-0.39, 0.29) is 115 Å². The molecule has 6 aromatic rings. The number of aliphatic hydroxyl groups excluding tert-OH is 1. The summed E-state index contributed by atoms with van der Waals surface area (Å²) in [6.07, 6.45) is -2.74. The highest BCUT2D eigenvalue weighted by Crippen LogP contribution is 2.43. The van der Waals surface area contributed by atoms with E-state index in [1.165, 1.54) is 61.5 Å². The van der Waals surface area contributed by atoms with Gasteiger partial charge in [-0.05, 0) is 247 Å². The van der Waals surface area contributed by atoms with E-state index >= 15 is 0 Å². The van der Waals surface area contributed by atoms with Gasteiger partial charge in [-0.2, -0.15) is 0 Å². The van der Waals surface area contributed by atoms with Crippen molar-refractivity contribution < 1.29 is 147 Å². The molecule has 0 aliphatic heterocycles. The van der Waals surface area contributed by atoms with Crippen LogP contribution in [0.3, 0.4) is 0 Å². The van der Waals surface area contributed by atoms with Crippen molar-refractivity contribution in [2.75, 3.05) is 23.5 Å². The summed E-state index contributed by atoms with van der Waals surface area (Å²) in [6, 6.07) is 40.9. The lowest BCUT2D eigenvalue weighted by molar-refractivity contribution is -0.150. The Hall–Kier alpha value is -9.97. The minimum atomic E-state index is -4.10. The number of benzene rings is 6. The summed E-state index contributed by atoms with van der Waals surface area (Å²) >= 11 is 5.47. The van der Waals surface area contributed by atoms with E-state index in [0.29, 0.717) is 11.4 Å². The van der Waals surface area contributed by atoms with E-state index in [9.17, 15) is 81.0 Å². The first kappa shape index (κ1) is 136. The van der Waals surface area contributed by atoms with Crippen LogP contribution in [0, 0.1) is 0 Å². The van der Waals surface area contributed by atoms with Gasteiger partial charge in [0.2, 0.25) is 0 Å². The molecule has 810 valence electrons. The molecule has 144 heavy (non-hydrogen) atoms. The molecule has 0 heterocycles. The Morgan fingerprint density at radius 3 is 0.812 bits per heavy atom. The summed E-state index contributed by atoms with van der Waals surface area (Å²) < 4.78 is 118. The maximum Gasteiger partial charge on any atom is 0.345 e. The molecule has 42 nitrogen and oxygen atoms in total. The van der Waals surface area contributed by atoms with E-state index in [1.807, 2.05) is 84.9 Å². The number of phenolic OH excluding ortho intramolecular Hbond substituents is 1. The number of alkyl halides is 1. The molecule has 0 aliphatic rings. The Kier molecular flexibility index (Phi) is 67.6. The van der Waals surface area contributed by atoms with Crippen molar-refractivity contribution in [1.82, 2.24) is 40.7 Å². The highest BCUT2D eigenvalue weighted by molar-refractivity contribution is 7.55. The van der Waals surface area contributed by atoms with Crippen molar-refractivity contribution in [3.8, 4) is 11.5 Å². The number of rotatable bonds is 48. The van der Waals surface area contributed by atoms with Crippen LogP contribution in [0.4, 0.5) is 11.4 Å². The maximum absolute atomic E-state index is 13.6. The highest BCUT2D eigenvalue weighted by atomic mass is 35.5. The number of carbonyl (C=O) groups is 11. The first-order chi connectivity index (χ1) is 66.6. The largest absolute Gasteiger partial charge is 0.507 e. The molecule has 0 aromatic heterocycles. The van der Waals surface area contributed by atoms with E-state index in [0.717, 1.165) is 11.1 Å². The monoisotopic (exact) mass is 2150 g/mol. The van der Waals surface area contributed by atoms with Gasteiger partial charge in [0, 0.05) is 11.4 Å². The zero-order valence-corrected chi connectivity index (χ0v) is 92.0. The van der Waals surface area contributed by atoms with Gasteiger partial charge in [-0.15, -0.1) is 12.4 Å². The summed E-state index contributed by atoms with van der Waals surface area (Å²) in [4.78, 5) is 140. The maximum atomic E-state index is 13.6. The summed E-state index contributed by atoms with van der Waals surface area (Å²) in [5, 5.41) is 43.4. The standard InChI is InChI=1S/C26H36N3O8P.C19H31N2O6P.C13H26ClN2O6P.C13H11NO2.C12H25N2O6P.C7H8O.C6H13NO2.ClH/c1-17(2)36-25(31)19(5)28-38(33,29-20(6)26(32)37-18(3)4)35-16-34-23-15-11-10-14-22(23)24(30)27-21-12-8-7-9-13-21;1-13(2)26-18(22)15(5)20-28(24,21-16(6)19(23)27-14(3)4)25-12-17-10-8-7-9-11-17;1-8(2)21-12(17)10(5)15-23(19,20-7-14)16-11(6)13(18)22-9(3)4;15-12-9-5-4-8-11(12)13(16)14-10-6-2-1-3-7-10;1-7(2)19-11(15)9(5)13-21(17,18)14-10(6)12(16)20-8(3)4;8-6-7-4-2-1-3-5-7;1-4(2)9-6(8)5(3)7;/h7-15,17-20H,16H2,1-6H3,(H,27,30)(H2,28,29,33);7-11,13-16H,12H2,1-6H3,(H2,20,21,24);8-11H,7H2,1-6H3,(H2,15,16,19);1-9,15H,(H,14,16);7-10H,1-6H3,(H3,13,14,17,18);1-5,8H,6H2;4-5H,7H2,1-3H3;1H/t19-,20-;15-,16-;10-,11-;;9-,10-;;5-;/m000.0.0./s1. The lowest BCUT2D eigenvalue weighted by Gasteiger charge is -2.26. The zero-order chi connectivity index (χ0) is 109. The van der Waals surface area contributed by atoms with Gasteiger partial charge in [0.25, 0.3) is 11.8 Å². The number of aromatic hydroxyl groups is 1. The lowest BCUT2D eigenvalue weighted by Crippen LogP contribution is -2.43. The van der Waals surface area contributed by atoms with Crippen molar-refractivity contribution in [1.29, 1.82) is 0 Å². The predicted octanol–water partition coefficient (Wildman–Crippen LogP) is 15.1. The van der Waals surface area contributed by atoms with Crippen LogP contribution in [0.2, 0.25) is 0 Å². The lowest BCUT2D eigenvalue weighted by atomic mass is 10.2. The number of nitrogens with two attached hydrogens (primary N) is 1. The van der Waals surface area contributed by atoms with Gasteiger partial charge in [0.1, 0.15) is 71.9 Å². The molecule has 0 fully saturated rings. The van der Waals surface area contributed by atoms with Gasteiger partial charge < -0.3 is 83.4 Å². The molecule has 48 heteroatoms. The molecule has 0 spiro atoms. The van der Waals surface area contributed by atoms with Gasteiger partial charge in [-0.1, -0.05) is 133 Å². The number of halogens is 2. The number of hydrogen-bond donors (Lipinski definition) is 14. The van der Waals surface area contributed by atoms with Crippen molar-refractivity contribution in [3.63, 3.8) is 0 Å². The molecule has 6 aromatic carbocycles. The Labute approximate surface area is 857 Å². The second-order valence-corrected chi connectivity index (χ2v) is 41.4. The SMILES string of the molecule is CC(C)OC(=O)[C@H](C)N.CC(C)OC(=O)[C@H](C)NP(=O)(N[C@@H](C)C(=O)OC(C)C)OCCl.CC(C)OC(=O)[C@H](C)NP(=O)(N[C@@H](C)C(=O)OC(C)C)OCOc1ccccc1C(=O)Nc1ccccc1.CC(C)OC(=O)[C@H](C)NP(=O)(N[C@@H](C)C(=O)OC(C)C)OCc1ccccc1.CC(C)OC(=O)[C@H](C)NP(=O)(O)N[C@@H](C)C(=O)OC(C)C.Cl.O=C(Nc1ccccc1)c1ccccc1O.OCc1ccccc1. The first-order valence-electron chi connectivity index (χ1n) is 46.0. The number of para-hydroxylation sites is 4. The average Bonchev–Trinajstić information content (AvgIpc) is 0.767. The zero-order valence-electron chi connectivity index (χ0n) is 86.8. The van der Waals surface area contributed by atoms with Crippen LogP contribution in [0.1, 0.15) is 219 Å². The predicted molar refractivity (Wildman–Crippen MR) is 551 cm³/mol. The summed E-state index contributed by atoms with van der Waals surface area (Å²) in [5.74, 6) is -5.89. The Bertz CT molecular complexity index is 4870. The fraction of sp³-hybridized carbons (Fsp3) is 0.510. The number of esters is 9. The van der Waals surface area contributed by atoms with E-state index in [2.05, 4.69) is 51.3 Å². The van der Waals surface area contributed by atoms with Crippen LogP contribution >= 0.6 is 54.7 Å². The van der Waals surface area contributed by atoms with Gasteiger partial charge in [0.15, 0.2) is 6.79 Å². The fourth-order valence-electron chi connectivity index (χ4n) is 10.3.